The van der Waals surface area contributed by atoms with Crippen molar-refractivity contribution in [3.63, 3.8) is 0 Å². The minimum atomic E-state index is -2.43. The van der Waals surface area contributed by atoms with Gasteiger partial charge in [-0.2, -0.15) is 0 Å². The normalized spacial score (nSPS) is 26.8. The van der Waals surface area contributed by atoms with Crippen LogP contribution in [0.3, 0.4) is 0 Å². The predicted octanol–water partition coefficient (Wildman–Crippen LogP) is 5.09. The molecule has 2 aliphatic carbocycles. The number of phenols is 1. The highest BCUT2D eigenvalue weighted by molar-refractivity contribution is 6.13. The number of Topliss-reactive ketones (excluding diaryl/α,β-unsaturated/α-hetero) is 1. The molecule has 10 rings (SSSR count). The summed E-state index contributed by atoms with van der Waals surface area (Å²) >= 11 is 0. The molecule has 1 aromatic heterocycles. The molecule has 6 bridgehead atoms. The Kier molecular flexibility index (Phi) is 9.58. The molecule has 308 valence electrons. The van der Waals surface area contributed by atoms with E-state index in [-0.39, 0.29) is 72.9 Å². The number of rotatable bonds is 6. The Labute approximate surface area is 345 Å². The molecule has 7 atom stereocenters. The van der Waals surface area contributed by atoms with E-state index in [9.17, 15) is 30.0 Å². The summed E-state index contributed by atoms with van der Waals surface area (Å²) in [5.41, 5.74) is 2.84. The van der Waals surface area contributed by atoms with Crippen LogP contribution in [0.2, 0.25) is 0 Å². The van der Waals surface area contributed by atoms with Gasteiger partial charge in [-0.25, -0.2) is 0 Å². The van der Waals surface area contributed by atoms with Gasteiger partial charge in [0.2, 0.25) is 6.29 Å². The van der Waals surface area contributed by atoms with Crippen molar-refractivity contribution < 1.29 is 53.7 Å². The average molecular weight is 813 g/mol. The molecule has 2 fully saturated rings. The minimum absolute atomic E-state index is 0.0346. The molecule has 1 saturated heterocycles. The number of aliphatic hydroxyl groups excluding tert-OH is 2. The molecule has 1 amide bonds. The van der Waals surface area contributed by atoms with Crippen LogP contribution in [0.1, 0.15) is 73.7 Å². The fourth-order valence-corrected chi connectivity index (χ4v) is 9.91. The Hall–Kier alpha value is -5.88. The lowest BCUT2D eigenvalue weighted by Crippen LogP contribution is -2.70. The number of aromatic nitrogens is 1. The molecule has 7 unspecified atom stereocenters. The maximum Gasteiger partial charge on any atom is 0.254 e. The number of para-hydroxylation sites is 1. The number of hydrogen-bond donors (Lipinski definition) is 5. The number of fused-ring (bicyclic) bond motifs is 10. The SMILES string of the molecule is COc1cc2c3c(O)c(c4c(c3c1)C=CC1CCCC41)C(=O)CN1Cc3c(cccc3C1=O)CC#COC1C(O)C(COCc3c[nH]c4ccccc34)OC(O2)C1(O)CO. The van der Waals surface area contributed by atoms with E-state index in [0.29, 0.717) is 27.8 Å². The van der Waals surface area contributed by atoms with Crippen molar-refractivity contribution >= 4 is 39.4 Å². The van der Waals surface area contributed by atoms with Crippen LogP contribution in [0.5, 0.6) is 17.2 Å². The van der Waals surface area contributed by atoms with Crippen molar-refractivity contribution in [2.24, 2.45) is 5.92 Å². The number of aromatic amines is 1. The van der Waals surface area contributed by atoms with Crippen molar-refractivity contribution in [2.75, 3.05) is 26.9 Å². The second-order valence-electron chi connectivity index (χ2n) is 16.3. The average Bonchev–Trinajstić information content (AvgIpc) is 3.99. The highest BCUT2D eigenvalue weighted by Crippen LogP contribution is 2.53. The smallest absolute Gasteiger partial charge is 0.254 e. The number of nitrogens with one attached hydrogen (secondary N) is 1. The zero-order chi connectivity index (χ0) is 41.3. The van der Waals surface area contributed by atoms with E-state index in [1.165, 1.54) is 18.1 Å². The number of phenolic OH excluding ortho intramolecular Hbond substituents is 1. The second-order valence-corrected chi connectivity index (χ2v) is 16.3. The van der Waals surface area contributed by atoms with Crippen LogP contribution in [0, 0.1) is 17.9 Å². The highest BCUT2D eigenvalue weighted by Gasteiger charge is 2.59. The Morgan fingerprint density at radius 1 is 1.07 bits per heavy atom. The lowest BCUT2D eigenvalue weighted by atomic mass is 9.76. The van der Waals surface area contributed by atoms with Crippen LogP contribution >= 0.6 is 0 Å². The van der Waals surface area contributed by atoms with Crippen molar-refractivity contribution in [2.45, 2.75) is 75.0 Å². The first-order chi connectivity index (χ1) is 29.2. The van der Waals surface area contributed by atoms with E-state index in [1.807, 2.05) is 42.6 Å². The maximum atomic E-state index is 14.8. The molecule has 0 spiro atoms. The van der Waals surface area contributed by atoms with E-state index in [4.69, 9.17) is 23.7 Å². The van der Waals surface area contributed by atoms with Gasteiger partial charge in [-0.15, -0.1) is 0 Å². The molecular formula is C47H44N2O11. The van der Waals surface area contributed by atoms with Gasteiger partial charge in [0.15, 0.2) is 17.5 Å². The van der Waals surface area contributed by atoms with Gasteiger partial charge in [-0.05, 0) is 65.1 Å². The first kappa shape index (κ1) is 38.3. The largest absolute Gasteiger partial charge is 0.506 e. The number of H-pyrrole nitrogens is 1. The number of ether oxygens (including phenoxy) is 5. The predicted molar refractivity (Wildman–Crippen MR) is 218 cm³/mol. The van der Waals surface area contributed by atoms with Crippen molar-refractivity contribution in [3.05, 3.63) is 106 Å². The van der Waals surface area contributed by atoms with Gasteiger partial charge >= 0.3 is 0 Å². The monoisotopic (exact) mass is 812 g/mol. The van der Waals surface area contributed by atoms with Crippen LogP contribution in [-0.2, 0) is 33.8 Å². The quantitative estimate of drug-likeness (QED) is 0.144. The number of hydrogen-bond acceptors (Lipinski definition) is 11. The number of aromatic hydroxyl groups is 1. The van der Waals surface area contributed by atoms with Crippen molar-refractivity contribution in [1.29, 1.82) is 0 Å². The van der Waals surface area contributed by atoms with Gasteiger partial charge in [-0.1, -0.05) is 54.8 Å². The lowest BCUT2D eigenvalue weighted by molar-refractivity contribution is -0.327. The number of methoxy groups -OCH3 is 1. The molecule has 0 radical (unpaired) electrons. The third kappa shape index (κ3) is 6.13. The molecule has 13 heteroatoms. The third-order valence-corrected chi connectivity index (χ3v) is 13.0. The number of aliphatic hydroxyl groups is 3. The number of carbonyl (C=O) groups is 2. The summed E-state index contributed by atoms with van der Waals surface area (Å²) < 4.78 is 30.7. The fraction of sp³-hybridized carbons (Fsp3) is 0.362. The van der Waals surface area contributed by atoms with Gasteiger partial charge < -0.3 is 54.0 Å². The van der Waals surface area contributed by atoms with E-state index in [0.717, 1.165) is 46.9 Å². The maximum absolute atomic E-state index is 14.8. The zero-order valence-electron chi connectivity index (χ0n) is 32.9. The van der Waals surface area contributed by atoms with Crippen LogP contribution in [0.4, 0.5) is 0 Å². The second kappa shape index (κ2) is 15.0. The lowest BCUT2D eigenvalue weighted by Gasteiger charge is -2.47. The summed E-state index contributed by atoms with van der Waals surface area (Å²) in [7, 11) is 1.49. The minimum Gasteiger partial charge on any atom is -0.506 e. The number of amides is 1. The molecule has 60 heavy (non-hydrogen) atoms. The molecule has 3 aliphatic heterocycles. The van der Waals surface area contributed by atoms with Gasteiger partial charge in [0.25, 0.3) is 5.91 Å². The van der Waals surface area contributed by atoms with E-state index >= 15 is 0 Å². The summed E-state index contributed by atoms with van der Waals surface area (Å²) in [6, 6.07) is 16.4. The molecular weight excluding hydrogens is 769 g/mol. The summed E-state index contributed by atoms with van der Waals surface area (Å²) in [5.74, 6) is 2.30. The Bertz CT molecular complexity index is 2660. The van der Waals surface area contributed by atoms with E-state index < -0.39 is 42.6 Å². The molecule has 13 nitrogen and oxygen atoms in total. The summed E-state index contributed by atoms with van der Waals surface area (Å²) in [6.07, 6.45) is 5.34. The molecule has 1 saturated carbocycles. The van der Waals surface area contributed by atoms with Crippen molar-refractivity contribution in [3.8, 4) is 29.3 Å². The van der Waals surface area contributed by atoms with Gasteiger partial charge in [0.1, 0.15) is 35.6 Å². The first-order valence-corrected chi connectivity index (χ1v) is 20.3. The summed E-state index contributed by atoms with van der Waals surface area (Å²) in [5, 5.41) is 49.2. The fourth-order valence-electron chi connectivity index (χ4n) is 9.91. The van der Waals surface area contributed by atoms with E-state index in [1.54, 1.807) is 18.2 Å². The van der Waals surface area contributed by atoms with Crippen LogP contribution in [0.15, 0.2) is 66.9 Å². The summed E-state index contributed by atoms with van der Waals surface area (Å²) in [4.78, 5) is 33.3. The number of carbonyl (C=O) groups excluding carboxylic acids is 2. The first-order valence-electron chi connectivity index (χ1n) is 20.3. The highest BCUT2D eigenvalue weighted by atomic mass is 16.7. The van der Waals surface area contributed by atoms with Gasteiger partial charge in [0, 0.05) is 52.6 Å². The topological polar surface area (TPSA) is 180 Å². The van der Waals surface area contributed by atoms with Crippen LogP contribution < -0.4 is 9.47 Å². The van der Waals surface area contributed by atoms with Crippen LogP contribution in [-0.4, -0.2) is 99.1 Å². The van der Waals surface area contributed by atoms with Gasteiger partial charge in [-0.3, -0.25) is 9.59 Å². The molecule has 5 aliphatic rings. The van der Waals surface area contributed by atoms with Crippen LogP contribution in [0.25, 0.3) is 27.8 Å². The summed E-state index contributed by atoms with van der Waals surface area (Å²) in [6.45, 7) is -1.13. The number of nitrogens with zero attached hydrogens (tertiary/aromatic N) is 1. The molecule has 4 aromatic carbocycles. The van der Waals surface area contributed by atoms with Crippen molar-refractivity contribution in [1.82, 2.24) is 9.88 Å². The standard InChI is InChI=1S/C47H44N2O11/c1-56-28-17-33-31-15-14-26-8-4-11-30(26)39(31)41-36(51)21-49-20-34-25(7-5-12-32(34)45(49)54)9-6-16-58-44-42(52)38(23-57-22-27-19-48-35-13-3-2-10-29(27)35)60-46(47(44,55)24-50)59-37(18-28)40(33)43(41)53/h2-3,5,7,10,12-15,17-19,26,30,38,42,44,46,48,50,52-53,55H,4,8-9,11,20-24H2,1H3. The zero-order valence-corrected chi connectivity index (χ0v) is 32.9. The van der Waals surface area contributed by atoms with E-state index in [2.05, 4.69) is 23.1 Å². The number of benzene rings is 4. The molecule has 4 heterocycles. The third-order valence-electron chi connectivity index (χ3n) is 13.0. The Balaban J connectivity index is 1.12. The number of allylic oxidation sites excluding steroid dienone is 1. The molecule has 5 aromatic rings. The number of ketones is 1. The Morgan fingerprint density at radius 3 is 2.78 bits per heavy atom. The Morgan fingerprint density at radius 2 is 1.93 bits per heavy atom. The molecule has 5 N–H and O–H groups in total. The van der Waals surface area contributed by atoms with Gasteiger partial charge in [0.05, 0.1) is 44.4 Å².